The van der Waals surface area contributed by atoms with Crippen molar-refractivity contribution in [1.29, 1.82) is 0 Å². The van der Waals surface area contributed by atoms with Crippen molar-refractivity contribution in [3.8, 4) is 11.1 Å². The van der Waals surface area contributed by atoms with Gasteiger partial charge in [-0.2, -0.15) is 0 Å². The Bertz CT molecular complexity index is 1110. The summed E-state index contributed by atoms with van der Waals surface area (Å²) in [5, 5.41) is 0. The van der Waals surface area contributed by atoms with Crippen molar-refractivity contribution in [1.82, 2.24) is 19.8 Å². The van der Waals surface area contributed by atoms with E-state index in [2.05, 4.69) is 27.0 Å². The molecule has 5 rings (SSSR count). The fourth-order valence-corrected chi connectivity index (χ4v) is 4.02. The molecule has 0 radical (unpaired) electrons. The van der Waals surface area contributed by atoms with Crippen molar-refractivity contribution >= 4 is 16.9 Å². The summed E-state index contributed by atoms with van der Waals surface area (Å²) in [5.41, 5.74) is 5.11. The summed E-state index contributed by atoms with van der Waals surface area (Å²) < 4.78 is 0. The van der Waals surface area contributed by atoms with Gasteiger partial charge in [0.2, 0.25) is 0 Å². The van der Waals surface area contributed by atoms with E-state index in [4.69, 9.17) is 0 Å². The van der Waals surface area contributed by atoms with E-state index in [1.807, 2.05) is 71.6 Å². The van der Waals surface area contributed by atoms with Crippen LogP contribution in [-0.4, -0.2) is 51.9 Å². The van der Waals surface area contributed by atoms with E-state index in [9.17, 15) is 4.79 Å². The molecule has 1 saturated heterocycles. The molecule has 0 spiro atoms. The Morgan fingerprint density at radius 1 is 0.800 bits per heavy atom. The Kier molecular flexibility index (Phi) is 5.03. The van der Waals surface area contributed by atoms with Gasteiger partial charge in [-0.05, 0) is 35.4 Å². The van der Waals surface area contributed by atoms with Crippen LogP contribution in [0.1, 0.15) is 16.2 Å². The molecule has 1 aliphatic heterocycles. The van der Waals surface area contributed by atoms with Crippen molar-refractivity contribution < 1.29 is 4.79 Å². The number of hydrogen-bond donors (Lipinski definition) is 1. The predicted molar refractivity (Wildman–Crippen MR) is 119 cm³/mol. The third kappa shape index (κ3) is 3.84. The SMILES string of the molecule is O=C(c1ccc(-c2ccccc2)cc1)N1CCN(Cc2nc3ccccc3[nH]2)CC1. The first-order valence-corrected chi connectivity index (χ1v) is 10.4. The number of imidazole rings is 1. The van der Waals surface area contributed by atoms with Crippen molar-refractivity contribution in [2.24, 2.45) is 0 Å². The van der Waals surface area contributed by atoms with Gasteiger partial charge in [0, 0.05) is 31.7 Å². The van der Waals surface area contributed by atoms with E-state index in [0.29, 0.717) is 0 Å². The fraction of sp³-hybridized carbons (Fsp3) is 0.200. The maximum atomic E-state index is 12.9. The van der Waals surface area contributed by atoms with Crippen LogP contribution in [0.3, 0.4) is 0 Å². The van der Waals surface area contributed by atoms with Crippen LogP contribution in [0.15, 0.2) is 78.9 Å². The molecule has 4 aromatic rings. The Hall–Kier alpha value is -3.44. The van der Waals surface area contributed by atoms with Crippen molar-refractivity contribution in [2.45, 2.75) is 6.54 Å². The summed E-state index contributed by atoms with van der Waals surface area (Å²) >= 11 is 0. The van der Waals surface area contributed by atoms with Crippen molar-refractivity contribution in [3.05, 3.63) is 90.3 Å². The van der Waals surface area contributed by atoms with Gasteiger partial charge < -0.3 is 9.88 Å². The lowest BCUT2D eigenvalue weighted by molar-refractivity contribution is 0.0626. The van der Waals surface area contributed by atoms with Crippen LogP contribution >= 0.6 is 0 Å². The van der Waals surface area contributed by atoms with Crippen LogP contribution in [0.25, 0.3) is 22.2 Å². The number of para-hydroxylation sites is 2. The molecular formula is C25H24N4O. The van der Waals surface area contributed by atoms with Crippen molar-refractivity contribution in [3.63, 3.8) is 0 Å². The number of aromatic amines is 1. The average molecular weight is 396 g/mol. The van der Waals surface area contributed by atoms with Gasteiger partial charge in [0.15, 0.2) is 0 Å². The number of benzene rings is 3. The Balaban J connectivity index is 1.19. The van der Waals surface area contributed by atoms with E-state index in [-0.39, 0.29) is 5.91 Å². The number of carbonyl (C=O) groups is 1. The van der Waals surface area contributed by atoms with Crippen LogP contribution in [0.4, 0.5) is 0 Å². The third-order valence-corrected chi connectivity index (χ3v) is 5.71. The lowest BCUT2D eigenvalue weighted by Crippen LogP contribution is -2.48. The van der Waals surface area contributed by atoms with E-state index in [1.165, 1.54) is 0 Å². The lowest BCUT2D eigenvalue weighted by atomic mass is 10.0. The highest BCUT2D eigenvalue weighted by Gasteiger charge is 2.22. The summed E-state index contributed by atoms with van der Waals surface area (Å²) in [6.45, 7) is 3.96. The molecule has 150 valence electrons. The van der Waals surface area contributed by atoms with Crippen LogP contribution in [0, 0.1) is 0 Å². The number of amides is 1. The molecule has 2 heterocycles. The van der Waals surface area contributed by atoms with Gasteiger partial charge in [-0.1, -0.05) is 54.6 Å². The predicted octanol–water partition coefficient (Wildman–Crippen LogP) is 4.19. The van der Waals surface area contributed by atoms with Gasteiger partial charge in [0.1, 0.15) is 5.82 Å². The molecule has 1 aromatic heterocycles. The highest BCUT2D eigenvalue weighted by molar-refractivity contribution is 5.94. The van der Waals surface area contributed by atoms with Crippen LogP contribution in [0.5, 0.6) is 0 Å². The minimum absolute atomic E-state index is 0.109. The maximum Gasteiger partial charge on any atom is 0.253 e. The zero-order chi connectivity index (χ0) is 20.3. The topological polar surface area (TPSA) is 52.2 Å². The van der Waals surface area contributed by atoms with Gasteiger partial charge in [-0.25, -0.2) is 4.98 Å². The number of piperazine rings is 1. The van der Waals surface area contributed by atoms with E-state index in [1.54, 1.807) is 0 Å². The number of carbonyl (C=O) groups excluding carboxylic acids is 1. The minimum atomic E-state index is 0.109. The molecule has 1 amide bonds. The molecule has 1 aliphatic rings. The Morgan fingerprint density at radius 3 is 2.20 bits per heavy atom. The largest absolute Gasteiger partial charge is 0.341 e. The lowest BCUT2D eigenvalue weighted by Gasteiger charge is -2.34. The molecule has 30 heavy (non-hydrogen) atoms. The van der Waals surface area contributed by atoms with Gasteiger partial charge in [0.25, 0.3) is 5.91 Å². The third-order valence-electron chi connectivity index (χ3n) is 5.71. The first-order chi connectivity index (χ1) is 14.8. The van der Waals surface area contributed by atoms with Gasteiger partial charge in [0.05, 0.1) is 17.6 Å². The van der Waals surface area contributed by atoms with Gasteiger partial charge in [-0.3, -0.25) is 9.69 Å². The second kappa shape index (κ2) is 8.13. The first kappa shape index (κ1) is 18.6. The van der Waals surface area contributed by atoms with Crippen molar-refractivity contribution in [2.75, 3.05) is 26.2 Å². The normalized spacial score (nSPS) is 14.9. The zero-order valence-electron chi connectivity index (χ0n) is 16.8. The van der Waals surface area contributed by atoms with Crippen LogP contribution in [-0.2, 0) is 6.54 Å². The fourth-order valence-electron chi connectivity index (χ4n) is 4.02. The Morgan fingerprint density at radius 2 is 1.47 bits per heavy atom. The molecule has 0 unspecified atom stereocenters. The summed E-state index contributed by atoms with van der Waals surface area (Å²) in [4.78, 5) is 25.3. The maximum absolute atomic E-state index is 12.9. The second-order valence-corrected chi connectivity index (χ2v) is 7.71. The number of rotatable bonds is 4. The zero-order valence-corrected chi connectivity index (χ0v) is 16.8. The van der Waals surface area contributed by atoms with Crippen LogP contribution < -0.4 is 0 Å². The average Bonchev–Trinajstić information content (AvgIpc) is 3.22. The number of nitrogens with one attached hydrogen (secondary N) is 1. The van der Waals surface area contributed by atoms with Gasteiger partial charge >= 0.3 is 0 Å². The number of nitrogens with zero attached hydrogens (tertiary/aromatic N) is 3. The number of hydrogen-bond acceptors (Lipinski definition) is 3. The number of aromatic nitrogens is 2. The van der Waals surface area contributed by atoms with Crippen LogP contribution in [0.2, 0.25) is 0 Å². The quantitative estimate of drug-likeness (QED) is 0.563. The van der Waals surface area contributed by atoms with Gasteiger partial charge in [-0.15, -0.1) is 0 Å². The molecule has 3 aromatic carbocycles. The molecular weight excluding hydrogens is 372 g/mol. The summed E-state index contributed by atoms with van der Waals surface area (Å²) in [6.07, 6.45) is 0. The summed E-state index contributed by atoms with van der Waals surface area (Å²) in [7, 11) is 0. The first-order valence-electron chi connectivity index (χ1n) is 10.4. The monoisotopic (exact) mass is 396 g/mol. The summed E-state index contributed by atoms with van der Waals surface area (Å²) in [6, 6.07) is 26.2. The smallest absolute Gasteiger partial charge is 0.253 e. The molecule has 5 nitrogen and oxygen atoms in total. The molecule has 0 aliphatic carbocycles. The Labute approximate surface area is 176 Å². The number of H-pyrrole nitrogens is 1. The second-order valence-electron chi connectivity index (χ2n) is 7.71. The van der Waals surface area contributed by atoms with E-state index < -0.39 is 0 Å². The molecule has 0 bridgehead atoms. The van der Waals surface area contributed by atoms with E-state index >= 15 is 0 Å². The molecule has 1 fully saturated rings. The highest BCUT2D eigenvalue weighted by atomic mass is 16.2. The number of fused-ring (bicyclic) bond motifs is 1. The van der Waals surface area contributed by atoms with E-state index in [0.717, 1.165) is 66.3 Å². The molecule has 0 atom stereocenters. The molecule has 1 N–H and O–H groups in total. The standard InChI is InChI=1S/C25H24N4O/c30-25(21-12-10-20(11-13-21)19-6-2-1-3-7-19)29-16-14-28(15-17-29)18-24-26-22-8-4-5-9-23(22)27-24/h1-13H,14-18H2,(H,26,27). The molecule has 0 saturated carbocycles. The molecule has 5 heteroatoms. The minimum Gasteiger partial charge on any atom is -0.341 e. The summed E-state index contributed by atoms with van der Waals surface area (Å²) in [5.74, 6) is 1.09. The highest BCUT2D eigenvalue weighted by Crippen LogP contribution is 2.20.